The number of methoxy groups -OCH3 is 1. The SMILES string of the molecule is COc1ccc(S(=O)(=O)N(C)C2CCCC(C)(C)C2)cc1. The van der Waals surface area contributed by atoms with Crippen LogP contribution in [0.15, 0.2) is 29.2 Å². The van der Waals surface area contributed by atoms with Crippen molar-refractivity contribution in [1.82, 2.24) is 4.31 Å². The zero-order valence-corrected chi connectivity index (χ0v) is 14.1. The van der Waals surface area contributed by atoms with Crippen LogP contribution in [0, 0.1) is 5.41 Å². The van der Waals surface area contributed by atoms with E-state index in [-0.39, 0.29) is 11.5 Å². The van der Waals surface area contributed by atoms with Crippen LogP contribution in [-0.2, 0) is 10.0 Å². The minimum atomic E-state index is -3.44. The van der Waals surface area contributed by atoms with Gasteiger partial charge in [-0.15, -0.1) is 0 Å². The molecular formula is C16H25NO3S. The lowest BCUT2D eigenvalue weighted by Gasteiger charge is -2.39. The van der Waals surface area contributed by atoms with Crippen molar-refractivity contribution in [3.8, 4) is 5.75 Å². The molecule has 0 aromatic heterocycles. The molecule has 0 aliphatic heterocycles. The van der Waals surface area contributed by atoms with Crippen molar-refractivity contribution in [2.45, 2.75) is 50.5 Å². The van der Waals surface area contributed by atoms with E-state index in [1.165, 1.54) is 6.42 Å². The van der Waals surface area contributed by atoms with Gasteiger partial charge in [-0.05, 0) is 48.9 Å². The monoisotopic (exact) mass is 311 g/mol. The Kier molecular flexibility index (Phi) is 4.63. The first-order chi connectivity index (χ1) is 9.76. The number of hydrogen-bond acceptors (Lipinski definition) is 3. The fourth-order valence-corrected chi connectivity index (χ4v) is 4.46. The Morgan fingerprint density at radius 1 is 1.24 bits per heavy atom. The number of hydrogen-bond donors (Lipinski definition) is 0. The lowest BCUT2D eigenvalue weighted by atomic mass is 9.75. The highest BCUT2D eigenvalue weighted by Crippen LogP contribution is 2.38. The van der Waals surface area contributed by atoms with Gasteiger partial charge in [-0.25, -0.2) is 8.42 Å². The normalized spacial score (nSPS) is 22.2. The third-order valence-electron chi connectivity index (χ3n) is 4.43. The number of benzene rings is 1. The molecule has 1 aliphatic rings. The van der Waals surface area contributed by atoms with Crippen LogP contribution in [0.25, 0.3) is 0 Å². The molecule has 0 radical (unpaired) electrons. The van der Waals surface area contributed by atoms with E-state index in [0.29, 0.717) is 10.6 Å². The van der Waals surface area contributed by atoms with Gasteiger partial charge < -0.3 is 4.74 Å². The van der Waals surface area contributed by atoms with Crippen molar-refractivity contribution in [3.63, 3.8) is 0 Å². The van der Waals surface area contributed by atoms with Crippen molar-refractivity contribution >= 4 is 10.0 Å². The van der Waals surface area contributed by atoms with E-state index in [0.717, 1.165) is 19.3 Å². The second kappa shape index (κ2) is 5.97. The Labute approximate surface area is 128 Å². The molecule has 1 saturated carbocycles. The Morgan fingerprint density at radius 3 is 2.38 bits per heavy atom. The van der Waals surface area contributed by atoms with E-state index in [9.17, 15) is 8.42 Å². The minimum Gasteiger partial charge on any atom is -0.497 e. The number of nitrogens with zero attached hydrogens (tertiary/aromatic N) is 1. The molecule has 1 aliphatic carbocycles. The summed E-state index contributed by atoms with van der Waals surface area (Å²) in [5.41, 5.74) is 0.215. The molecule has 118 valence electrons. The molecule has 2 rings (SSSR count). The predicted octanol–water partition coefficient (Wildman–Crippen LogP) is 3.28. The smallest absolute Gasteiger partial charge is 0.243 e. The fourth-order valence-electron chi connectivity index (χ4n) is 3.08. The largest absolute Gasteiger partial charge is 0.497 e. The van der Waals surface area contributed by atoms with Gasteiger partial charge in [0.25, 0.3) is 0 Å². The second-order valence-electron chi connectivity index (χ2n) is 6.61. The van der Waals surface area contributed by atoms with Gasteiger partial charge in [0, 0.05) is 13.1 Å². The highest BCUT2D eigenvalue weighted by atomic mass is 32.2. The third-order valence-corrected chi connectivity index (χ3v) is 6.35. The topological polar surface area (TPSA) is 46.6 Å². The van der Waals surface area contributed by atoms with Crippen LogP contribution >= 0.6 is 0 Å². The summed E-state index contributed by atoms with van der Waals surface area (Å²) in [7, 11) is -0.167. The average molecular weight is 311 g/mol. The predicted molar refractivity (Wildman–Crippen MR) is 84.0 cm³/mol. The number of rotatable bonds is 4. The van der Waals surface area contributed by atoms with E-state index in [1.54, 1.807) is 42.7 Å². The summed E-state index contributed by atoms with van der Waals surface area (Å²) in [6.07, 6.45) is 4.11. The van der Waals surface area contributed by atoms with Gasteiger partial charge in [0.15, 0.2) is 0 Å². The van der Waals surface area contributed by atoms with Crippen LogP contribution in [-0.4, -0.2) is 32.9 Å². The van der Waals surface area contributed by atoms with Crippen LogP contribution in [0.1, 0.15) is 39.5 Å². The molecule has 0 saturated heterocycles. The van der Waals surface area contributed by atoms with Crippen LogP contribution in [0.5, 0.6) is 5.75 Å². The van der Waals surface area contributed by atoms with Gasteiger partial charge in [0.1, 0.15) is 5.75 Å². The Morgan fingerprint density at radius 2 is 1.86 bits per heavy atom. The van der Waals surface area contributed by atoms with E-state index >= 15 is 0 Å². The molecule has 0 N–H and O–H groups in total. The third kappa shape index (κ3) is 3.58. The second-order valence-corrected chi connectivity index (χ2v) is 8.61. The van der Waals surface area contributed by atoms with Crippen molar-refractivity contribution in [3.05, 3.63) is 24.3 Å². The van der Waals surface area contributed by atoms with Crippen LogP contribution < -0.4 is 4.74 Å². The van der Waals surface area contributed by atoms with E-state index < -0.39 is 10.0 Å². The maximum absolute atomic E-state index is 12.7. The molecule has 5 heteroatoms. The minimum absolute atomic E-state index is 0.0841. The highest BCUT2D eigenvalue weighted by Gasteiger charge is 2.35. The Hall–Kier alpha value is -1.07. The first-order valence-electron chi connectivity index (χ1n) is 7.38. The average Bonchev–Trinajstić information content (AvgIpc) is 2.45. The van der Waals surface area contributed by atoms with Gasteiger partial charge in [-0.3, -0.25) is 0 Å². The molecule has 0 heterocycles. The van der Waals surface area contributed by atoms with Crippen LogP contribution in [0.4, 0.5) is 0 Å². The Bertz CT molecular complexity index is 578. The van der Waals surface area contributed by atoms with Gasteiger partial charge in [-0.1, -0.05) is 20.3 Å². The van der Waals surface area contributed by atoms with Gasteiger partial charge >= 0.3 is 0 Å². The summed E-state index contributed by atoms with van der Waals surface area (Å²) in [5, 5.41) is 0. The first kappa shape index (κ1) is 16.3. The summed E-state index contributed by atoms with van der Waals surface area (Å²) in [6.45, 7) is 4.43. The van der Waals surface area contributed by atoms with E-state index in [1.807, 2.05) is 0 Å². The molecule has 1 aromatic carbocycles. The zero-order valence-electron chi connectivity index (χ0n) is 13.3. The standard InChI is InChI=1S/C16H25NO3S/c1-16(2)11-5-6-13(12-16)17(3)21(18,19)15-9-7-14(20-4)8-10-15/h7-10,13H,5-6,11-12H2,1-4H3. The Balaban J connectivity index is 2.21. The van der Waals surface area contributed by atoms with Crippen LogP contribution in [0.2, 0.25) is 0 Å². The molecule has 1 atom stereocenters. The summed E-state index contributed by atoms with van der Waals surface area (Å²) in [6, 6.07) is 6.68. The van der Waals surface area contributed by atoms with Crippen molar-refractivity contribution in [2.24, 2.45) is 5.41 Å². The summed E-state index contributed by atoms with van der Waals surface area (Å²) in [4.78, 5) is 0.328. The van der Waals surface area contributed by atoms with Gasteiger partial charge in [-0.2, -0.15) is 4.31 Å². The molecule has 21 heavy (non-hydrogen) atoms. The van der Waals surface area contributed by atoms with Crippen molar-refractivity contribution in [1.29, 1.82) is 0 Å². The molecule has 0 amide bonds. The first-order valence-corrected chi connectivity index (χ1v) is 8.82. The van der Waals surface area contributed by atoms with Gasteiger partial charge in [0.05, 0.1) is 12.0 Å². The zero-order chi connectivity index (χ0) is 15.7. The molecule has 1 unspecified atom stereocenters. The summed E-state index contributed by atoms with van der Waals surface area (Å²) in [5.74, 6) is 0.662. The summed E-state index contributed by atoms with van der Waals surface area (Å²) < 4.78 is 32.1. The number of ether oxygens (including phenoxy) is 1. The van der Waals surface area contributed by atoms with Gasteiger partial charge in [0.2, 0.25) is 10.0 Å². The van der Waals surface area contributed by atoms with Crippen molar-refractivity contribution in [2.75, 3.05) is 14.2 Å². The molecule has 1 aromatic rings. The quantitative estimate of drug-likeness (QED) is 0.857. The molecule has 4 nitrogen and oxygen atoms in total. The molecule has 1 fully saturated rings. The van der Waals surface area contributed by atoms with E-state index in [4.69, 9.17) is 4.74 Å². The highest BCUT2D eigenvalue weighted by molar-refractivity contribution is 7.89. The molecular weight excluding hydrogens is 286 g/mol. The summed E-state index contributed by atoms with van der Waals surface area (Å²) >= 11 is 0. The lowest BCUT2D eigenvalue weighted by molar-refractivity contribution is 0.162. The van der Waals surface area contributed by atoms with E-state index in [2.05, 4.69) is 13.8 Å². The molecule has 0 spiro atoms. The number of sulfonamides is 1. The molecule has 0 bridgehead atoms. The van der Waals surface area contributed by atoms with Crippen LogP contribution in [0.3, 0.4) is 0 Å². The maximum atomic E-state index is 12.7. The lowest BCUT2D eigenvalue weighted by Crippen LogP contribution is -2.42. The maximum Gasteiger partial charge on any atom is 0.243 e. The fraction of sp³-hybridized carbons (Fsp3) is 0.625. The van der Waals surface area contributed by atoms with Crippen molar-refractivity contribution < 1.29 is 13.2 Å².